The van der Waals surface area contributed by atoms with E-state index in [9.17, 15) is 13.2 Å². The minimum absolute atomic E-state index is 0.123. The van der Waals surface area contributed by atoms with Gasteiger partial charge in [-0.25, -0.2) is 13.8 Å². The summed E-state index contributed by atoms with van der Waals surface area (Å²) < 4.78 is 27.4. The molecule has 0 saturated carbocycles. The average Bonchev–Trinajstić information content (AvgIpc) is 2.65. The van der Waals surface area contributed by atoms with Gasteiger partial charge in [0.05, 0.1) is 10.6 Å². The molecule has 6 nitrogen and oxygen atoms in total. The number of benzene rings is 2. The Balaban J connectivity index is 2.35. The fraction of sp³-hybridized carbons (Fsp3) is 0.333. The highest BCUT2D eigenvalue weighted by atomic mass is 32.2. The van der Waals surface area contributed by atoms with Gasteiger partial charge in [0, 0.05) is 11.1 Å². The second kappa shape index (κ2) is 8.56. The zero-order valence-electron chi connectivity index (χ0n) is 16.9. The molecule has 0 radical (unpaired) electrons. The van der Waals surface area contributed by atoms with Gasteiger partial charge in [-0.3, -0.25) is 9.10 Å². The first-order valence-corrected chi connectivity index (χ1v) is 10.4. The SMILES string of the molecule is CC(=NNC(=O)CN(c1ccc(C)cc1)S(=O)(=O)c1ccccc1)C(C)(C)C. The third kappa shape index (κ3) is 5.42. The van der Waals surface area contributed by atoms with Gasteiger partial charge in [0.1, 0.15) is 6.54 Å². The molecule has 2 aromatic rings. The number of nitrogens with one attached hydrogen (secondary N) is 1. The first kappa shape index (κ1) is 21.6. The van der Waals surface area contributed by atoms with Crippen molar-refractivity contribution in [2.75, 3.05) is 10.8 Å². The molecule has 1 amide bonds. The van der Waals surface area contributed by atoms with E-state index in [0.29, 0.717) is 5.69 Å². The van der Waals surface area contributed by atoms with E-state index in [1.54, 1.807) is 30.3 Å². The Labute approximate surface area is 167 Å². The molecule has 2 aromatic carbocycles. The van der Waals surface area contributed by atoms with Gasteiger partial charge in [-0.15, -0.1) is 0 Å². The van der Waals surface area contributed by atoms with E-state index in [2.05, 4.69) is 10.5 Å². The van der Waals surface area contributed by atoms with Gasteiger partial charge < -0.3 is 0 Å². The predicted octanol–water partition coefficient (Wildman–Crippen LogP) is 3.73. The molecule has 28 heavy (non-hydrogen) atoms. The minimum atomic E-state index is -3.90. The normalized spacial score (nSPS) is 12.5. The predicted molar refractivity (Wildman–Crippen MR) is 113 cm³/mol. The highest BCUT2D eigenvalue weighted by molar-refractivity contribution is 7.92. The van der Waals surface area contributed by atoms with Crippen molar-refractivity contribution >= 4 is 27.3 Å². The van der Waals surface area contributed by atoms with Crippen molar-refractivity contribution in [1.82, 2.24) is 5.43 Å². The summed E-state index contributed by atoms with van der Waals surface area (Å²) in [7, 11) is -3.90. The number of anilines is 1. The number of carbonyl (C=O) groups is 1. The summed E-state index contributed by atoms with van der Waals surface area (Å²) in [6.45, 7) is 9.31. The number of hydrogen-bond acceptors (Lipinski definition) is 4. The maximum absolute atomic E-state index is 13.2. The lowest BCUT2D eigenvalue weighted by atomic mass is 9.91. The summed E-state index contributed by atoms with van der Waals surface area (Å²) >= 11 is 0. The van der Waals surface area contributed by atoms with Crippen LogP contribution in [-0.2, 0) is 14.8 Å². The van der Waals surface area contributed by atoms with Crippen molar-refractivity contribution in [3.05, 3.63) is 60.2 Å². The van der Waals surface area contributed by atoms with E-state index in [-0.39, 0.29) is 16.9 Å². The minimum Gasteiger partial charge on any atom is -0.271 e. The van der Waals surface area contributed by atoms with E-state index < -0.39 is 15.9 Å². The summed E-state index contributed by atoms with van der Waals surface area (Å²) in [5, 5.41) is 4.11. The molecule has 0 spiro atoms. The first-order chi connectivity index (χ1) is 13.0. The van der Waals surface area contributed by atoms with Crippen molar-refractivity contribution < 1.29 is 13.2 Å². The lowest BCUT2D eigenvalue weighted by Crippen LogP contribution is -2.40. The van der Waals surface area contributed by atoms with Gasteiger partial charge in [-0.05, 0) is 38.1 Å². The van der Waals surface area contributed by atoms with E-state index >= 15 is 0 Å². The van der Waals surface area contributed by atoms with Gasteiger partial charge in [0.15, 0.2) is 0 Å². The van der Waals surface area contributed by atoms with Crippen molar-refractivity contribution in [3.63, 3.8) is 0 Å². The summed E-state index contributed by atoms with van der Waals surface area (Å²) in [5.41, 5.74) is 4.43. The zero-order chi connectivity index (χ0) is 20.9. The summed E-state index contributed by atoms with van der Waals surface area (Å²) in [4.78, 5) is 12.6. The lowest BCUT2D eigenvalue weighted by molar-refractivity contribution is -0.119. The molecule has 0 bridgehead atoms. The monoisotopic (exact) mass is 401 g/mol. The Morgan fingerprint density at radius 1 is 1.04 bits per heavy atom. The van der Waals surface area contributed by atoms with Gasteiger partial charge >= 0.3 is 0 Å². The maximum Gasteiger partial charge on any atom is 0.264 e. The number of aryl methyl sites for hydroxylation is 1. The standard InChI is InChI=1S/C21H27N3O3S/c1-16-11-13-18(14-12-16)24(28(26,27)19-9-7-6-8-10-19)15-20(25)23-22-17(2)21(3,4)5/h6-14H,15H2,1-5H3,(H,23,25). The Bertz CT molecular complexity index is 945. The molecule has 0 aromatic heterocycles. The molecule has 0 saturated heterocycles. The van der Waals surface area contributed by atoms with Crippen LogP contribution in [0.1, 0.15) is 33.3 Å². The third-order valence-corrected chi connectivity index (χ3v) is 6.16. The highest BCUT2D eigenvalue weighted by Crippen LogP contribution is 2.24. The molecule has 0 unspecified atom stereocenters. The molecular formula is C21H27N3O3S. The van der Waals surface area contributed by atoms with E-state index in [1.165, 1.54) is 12.1 Å². The van der Waals surface area contributed by atoms with Crippen LogP contribution < -0.4 is 9.73 Å². The Hall–Kier alpha value is -2.67. The smallest absolute Gasteiger partial charge is 0.264 e. The fourth-order valence-corrected chi connectivity index (χ4v) is 3.67. The molecule has 2 rings (SSSR count). The summed E-state index contributed by atoms with van der Waals surface area (Å²) in [6, 6.07) is 15.1. The third-order valence-electron chi connectivity index (χ3n) is 4.37. The van der Waals surface area contributed by atoms with Gasteiger partial charge in [-0.2, -0.15) is 5.10 Å². The van der Waals surface area contributed by atoms with Crippen LogP contribution in [0.15, 0.2) is 64.6 Å². The van der Waals surface area contributed by atoms with Crippen molar-refractivity contribution in [2.45, 2.75) is 39.5 Å². The van der Waals surface area contributed by atoms with E-state index in [0.717, 1.165) is 15.6 Å². The maximum atomic E-state index is 13.2. The van der Waals surface area contributed by atoms with Crippen LogP contribution in [0.25, 0.3) is 0 Å². The van der Waals surface area contributed by atoms with Crippen LogP contribution in [0.2, 0.25) is 0 Å². The number of nitrogens with zero attached hydrogens (tertiary/aromatic N) is 2. The largest absolute Gasteiger partial charge is 0.271 e. The molecule has 0 fully saturated rings. The molecular weight excluding hydrogens is 374 g/mol. The van der Waals surface area contributed by atoms with Crippen LogP contribution in [0.4, 0.5) is 5.69 Å². The molecule has 0 aliphatic rings. The average molecular weight is 402 g/mol. The number of hydrogen-bond donors (Lipinski definition) is 1. The molecule has 0 aliphatic carbocycles. The quantitative estimate of drug-likeness (QED) is 0.592. The molecule has 1 N–H and O–H groups in total. The number of rotatable bonds is 6. The molecule has 0 heterocycles. The second-order valence-electron chi connectivity index (χ2n) is 7.64. The number of carbonyl (C=O) groups excluding carboxylic acids is 1. The molecule has 7 heteroatoms. The van der Waals surface area contributed by atoms with Crippen molar-refractivity contribution in [2.24, 2.45) is 10.5 Å². The van der Waals surface area contributed by atoms with Crippen molar-refractivity contribution in [3.8, 4) is 0 Å². The number of amides is 1. The molecule has 150 valence electrons. The van der Waals surface area contributed by atoms with Crippen LogP contribution in [0.5, 0.6) is 0 Å². The van der Waals surface area contributed by atoms with Gasteiger partial charge in [-0.1, -0.05) is 56.7 Å². The van der Waals surface area contributed by atoms with Gasteiger partial charge in [0.2, 0.25) is 0 Å². The zero-order valence-corrected chi connectivity index (χ0v) is 17.7. The summed E-state index contributed by atoms with van der Waals surface area (Å²) in [6.07, 6.45) is 0. The summed E-state index contributed by atoms with van der Waals surface area (Å²) in [5.74, 6) is -0.510. The highest BCUT2D eigenvalue weighted by Gasteiger charge is 2.27. The fourth-order valence-electron chi connectivity index (χ4n) is 2.23. The van der Waals surface area contributed by atoms with E-state index in [4.69, 9.17) is 0 Å². The van der Waals surface area contributed by atoms with Crippen LogP contribution >= 0.6 is 0 Å². The van der Waals surface area contributed by atoms with Gasteiger partial charge in [0.25, 0.3) is 15.9 Å². The Morgan fingerprint density at radius 2 is 1.61 bits per heavy atom. The lowest BCUT2D eigenvalue weighted by Gasteiger charge is -2.24. The van der Waals surface area contributed by atoms with Crippen LogP contribution in [0, 0.1) is 12.3 Å². The van der Waals surface area contributed by atoms with Crippen LogP contribution in [-0.4, -0.2) is 26.6 Å². The number of sulfonamides is 1. The molecule has 0 atom stereocenters. The van der Waals surface area contributed by atoms with Crippen LogP contribution in [0.3, 0.4) is 0 Å². The first-order valence-electron chi connectivity index (χ1n) is 9.00. The number of hydrazone groups is 1. The van der Waals surface area contributed by atoms with E-state index in [1.807, 2.05) is 46.8 Å². The Morgan fingerprint density at radius 3 is 2.14 bits per heavy atom. The van der Waals surface area contributed by atoms with Crippen molar-refractivity contribution in [1.29, 1.82) is 0 Å². The molecule has 0 aliphatic heterocycles. The second-order valence-corrected chi connectivity index (χ2v) is 9.50. The topological polar surface area (TPSA) is 78.8 Å². The Kier molecular flexibility index (Phi) is 6.61.